The molecule has 80 valence electrons. The number of hydrogen-bond donors (Lipinski definition) is 1. The summed E-state index contributed by atoms with van der Waals surface area (Å²) in [5.74, 6) is 0.307. The molecule has 0 aliphatic heterocycles. The molecule has 3 nitrogen and oxygen atoms in total. The van der Waals surface area contributed by atoms with Gasteiger partial charge in [-0.3, -0.25) is 0 Å². The molecule has 1 N–H and O–H groups in total. The van der Waals surface area contributed by atoms with Gasteiger partial charge in [-0.05, 0) is 39.8 Å². The summed E-state index contributed by atoms with van der Waals surface area (Å²) in [6.07, 6.45) is 1.82. The van der Waals surface area contributed by atoms with Gasteiger partial charge in [0.05, 0.1) is 11.0 Å². The molecular weight excluding hydrogens is 186 g/mol. The molecule has 0 aliphatic rings. The SMILES string of the molecule is CCCNCCCS(=O)(=O)C(C)C. The third kappa shape index (κ3) is 6.05. The van der Waals surface area contributed by atoms with E-state index in [1.807, 2.05) is 0 Å². The first kappa shape index (κ1) is 12.9. The second-order valence-electron chi connectivity index (χ2n) is 3.52. The lowest BCUT2D eigenvalue weighted by atomic mass is 10.4. The Labute approximate surface area is 81.8 Å². The molecule has 0 aliphatic carbocycles. The zero-order valence-corrected chi connectivity index (χ0v) is 9.65. The summed E-state index contributed by atoms with van der Waals surface area (Å²) in [5, 5.41) is 2.94. The summed E-state index contributed by atoms with van der Waals surface area (Å²) in [6, 6.07) is 0. The number of sulfone groups is 1. The molecule has 0 atom stereocenters. The average Bonchev–Trinajstić information content (AvgIpc) is 2.03. The second-order valence-corrected chi connectivity index (χ2v) is 6.20. The van der Waals surface area contributed by atoms with Crippen LogP contribution in [0.2, 0.25) is 0 Å². The lowest BCUT2D eigenvalue weighted by molar-refractivity contribution is 0.580. The van der Waals surface area contributed by atoms with E-state index >= 15 is 0 Å². The zero-order valence-electron chi connectivity index (χ0n) is 8.84. The van der Waals surface area contributed by atoms with Crippen molar-refractivity contribution < 1.29 is 8.42 Å². The van der Waals surface area contributed by atoms with Gasteiger partial charge in [0.1, 0.15) is 0 Å². The van der Waals surface area contributed by atoms with Crippen molar-refractivity contribution in [1.29, 1.82) is 0 Å². The van der Waals surface area contributed by atoms with Crippen molar-refractivity contribution >= 4 is 9.84 Å². The normalized spacial score (nSPS) is 12.3. The van der Waals surface area contributed by atoms with Crippen LogP contribution in [0.3, 0.4) is 0 Å². The second kappa shape index (κ2) is 6.38. The number of rotatable bonds is 7. The van der Waals surface area contributed by atoms with Crippen LogP contribution in [-0.4, -0.2) is 32.5 Å². The Balaban J connectivity index is 3.53. The van der Waals surface area contributed by atoms with Crippen LogP contribution >= 0.6 is 0 Å². The van der Waals surface area contributed by atoms with Crippen LogP contribution in [0.15, 0.2) is 0 Å². The maximum Gasteiger partial charge on any atom is 0.152 e. The molecule has 13 heavy (non-hydrogen) atoms. The summed E-state index contributed by atoms with van der Waals surface area (Å²) in [7, 11) is -2.83. The van der Waals surface area contributed by atoms with Crippen LogP contribution in [0.4, 0.5) is 0 Å². The van der Waals surface area contributed by atoms with Crippen LogP contribution in [0.1, 0.15) is 33.6 Å². The van der Waals surface area contributed by atoms with Gasteiger partial charge in [0.25, 0.3) is 0 Å². The summed E-state index contributed by atoms with van der Waals surface area (Å²) < 4.78 is 22.7. The highest BCUT2D eigenvalue weighted by Gasteiger charge is 2.14. The monoisotopic (exact) mass is 207 g/mol. The Hall–Kier alpha value is -0.0900. The van der Waals surface area contributed by atoms with E-state index in [1.54, 1.807) is 13.8 Å². The molecule has 0 radical (unpaired) electrons. The van der Waals surface area contributed by atoms with Crippen LogP contribution in [0.5, 0.6) is 0 Å². The van der Waals surface area contributed by atoms with Gasteiger partial charge >= 0.3 is 0 Å². The highest BCUT2D eigenvalue weighted by atomic mass is 32.2. The van der Waals surface area contributed by atoms with Gasteiger partial charge in [-0.2, -0.15) is 0 Å². The molecule has 0 spiro atoms. The van der Waals surface area contributed by atoms with Crippen molar-refractivity contribution in [3.8, 4) is 0 Å². The van der Waals surface area contributed by atoms with E-state index in [2.05, 4.69) is 12.2 Å². The number of nitrogens with one attached hydrogen (secondary N) is 1. The Kier molecular flexibility index (Phi) is 6.33. The van der Waals surface area contributed by atoms with Crippen molar-refractivity contribution in [2.75, 3.05) is 18.8 Å². The van der Waals surface area contributed by atoms with Gasteiger partial charge in [-0.1, -0.05) is 6.92 Å². The standard InChI is InChI=1S/C9H21NO2S/c1-4-6-10-7-5-8-13(11,12)9(2)3/h9-10H,4-8H2,1-3H3. The van der Waals surface area contributed by atoms with E-state index < -0.39 is 9.84 Å². The van der Waals surface area contributed by atoms with Crippen molar-refractivity contribution in [2.24, 2.45) is 0 Å². The molecule has 0 fully saturated rings. The Morgan fingerprint density at radius 3 is 2.31 bits per heavy atom. The van der Waals surface area contributed by atoms with Crippen molar-refractivity contribution in [1.82, 2.24) is 5.32 Å². The minimum Gasteiger partial charge on any atom is -0.317 e. The Morgan fingerprint density at radius 2 is 1.85 bits per heavy atom. The van der Waals surface area contributed by atoms with Gasteiger partial charge in [0.15, 0.2) is 9.84 Å². The fraction of sp³-hybridized carbons (Fsp3) is 1.00. The fourth-order valence-corrected chi connectivity index (χ4v) is 1.95. The minimum atomic E-state index is -2.83. The molecule has 0 bridgehead atoms. The minimum absolute atomic E-state index is 0.237. The predicted octanol–water partition coefficient (Wildman–Crippen LogP) is 1.20. The molecule has 0 rings (SSSR count). The van der Waals surface area contributed by atoms with E-state index in [4.69, 9.17) is 0 Å². The largest absolute Gasteiger partial charge is 0.317 e. The molecule has 0 amide bonds. The van der Waals surface area contributed by atoms with Crippen molar-refractivity contribution in [2.45, 2.75) is 38.9 Å². The van der Waals surface area contributed by atoms with E-state index in [9.17, 15) is 8.42 Å². The first-order chi connectivity index (χ1) is 6.00. The summed E-state index contributed by atoms with van der Waals surface area (Å²) >= 11 is 0. The molecule has 4 heteroatoms. The van der Waals surface area contributed by atoms with E-state index in [-0.39, 0.29) is 5.25 Å². The van der Waals surface area contributed by atoms with Gasteiger partial charge in [-0.25, -0.2) is 8.42 Å². The molecule has 0 aromatic rings. The Morgan fingerprint density at radius 1 is 1.23 bits per heavy atom. The van der Waals surface area contributed by atoms with Gasteiger partial charge in [-0.15, -0.1) is 0 Å². The molecule has 0 saturated heterocycles. The molecule has 0 heterocycles. The van der Waals surface area contributed by atoms with Crippen molar-refractivity contribution in [3.05, 3.63) is 0 Å². The summed E-state index contributed by atoms with van der Waals surface area (Å²) in [5.41, 5.74) is 0. The van der Waals surface area contributed by atoms with Crippen LogP contribution < -0.4 is 5.32 Å². The maximum atomic E-state index is 11.3. The highest BCUT2D eigenvalue weighted by Crippen LogP contribution is 2.01. The van der Waals surface area contributed by atoms with Crippen LogP contribution in [0, 0.1) is 0 Å². The van der Waals surface area contributed by atoms with Gasteiger partial charge < -0.3 is 5.32 Å². The smallest absolute Gasteiger partial charge is 0.152 e. The lowest BCUT2D eigenvalue weighted by Crippen LogP contribution is -2.22. The Bertz CT molecular complexity index is 210. The molecule has 0 aromatic heterocycles. The topological polar surface area (TPSA) is 46.2 Å². The molecule has 0 unspecified atom stereocenters. The third-order valence-electron chi connectivity index (χ3n) is 1.93. The number of hydrogen-bond acceptors (Lipinski definition) is 3. The first-order valence-electron chi connectivity index (χ1n) is 4.93. The highest BCUT2D eigenvalue weighted by molar-refractivity contribution is 7.91. The van der Waals surface area contributed by atoms with E-state index in [0.29, 0.717) is 5.75 Å². The molecule has 0 saturated carbocycles. The molecular formula is C9H21NO2S. The summed E-state index contributed by atoms with van der Waals surface area (Å²) in [6.45, 7) is 7.34. The van der Waals surface area contributed by atoms with Gasteiger partial charge in [0.2, 0.25) is 0 Å². The third-order valence-corrected chi connectivity index (χ3v) is 4.22. The maximum absolute atomic E-state index is 11.3. The van der Waals surface area contributed by atoms with Crippen LogP contribution in [0.25, 0.3) is 0 Å². The van der Waals surface area contributed by atoms with Crippen molar-refractivity contribution in [3.63, 3.8) is 0 Å². The average molecular weight is 207 g/mol. The van der Waals surface area contributed by atoms with E-state index in [0.717, 1.165) is 25.9 Å². The first-order valence-corrected chi connectivity index (χ1v) is 6.64. The lowest BCUT2D eigenvalue weighted by Gasteiger charge is -2.07. The summed E-state index contributed by atoms with van der Waals surface area (Å²) in [4.78, 5) is 0. The molecule has 0 aromatic carbocycles. The van der Waals surface area contributed by atoms with Gasteiger partial charge in [0, 0.05) is 0 Å². The fourth-order valence-electron chi connectivity index (χ4n) is 0.936. The predicted molar refractivity (Wildman–Crippen MR) is 56.7 cm³/mol. The quantitative estimate of drug-likeness (QED) is 0.638. The zero-order chi connectivity index (χ0) is 10.3. The van der Waals surface area contributed by atoms with Crippen LogP contribution in [-0.2, 0) is 9.84 Å². The van der Waals surface area contributed by atoms with E-state index in [1.165, 1.54) is 0 Å².